The van der Waals surface area contributed by atoms with E-state index in [-0.39, 0.29) is 11.8 Å². The number of nitrogens with one attached hydrogen (secondary N) is 2. The van der Waals surface area contributed by atoms with Crippen molar-refractivity contribution in [3.63, 3.8) is 0 Å². The van der Waals surface area contributed by atoms with E-state index in [0.29, 0.717) is 35.8 Å². The molecule has 136 valence electrons. The predicted octanol–water partition coefficient (Wildman–Crippen LogP) is 3.69. The van der Waals surface area contributed by atoms with Crippen molar-refractivity contribution in [2.75, 3.05) is 12.4 Å². The molecule has 2 aromatic rings. The van der Waals surface area contributed by atoms with Crippen LogP contribution in [0.2, 0.25) is 5.02 Å². The van der Waals surface area contributed by atoms with Crippen LogP contribution in [0.25, 0.3) is 0 Å². The Morgan fingerprint density at radius 2 is 1.88 bits per heavy atom. The minimum Gasteiger partial charge on any atom is -0.495 e. The molecule has 0 aliphatic heterocycles. The number of rotatable bonds is 6. The smallest absolute Gasteiger partial charge is 0.240 e. The van der Waals surface area contributed by atoms with Crippen LogP contribution in [0.15, 0.2) is 42.5 Å². The topological polar surface area (TPSA) is 67.4 Å². The highest BCUT2D eigenvalue weighted by Gasteiger charge is 2.56. The summed E-state index contributed by atoms with van der Waals surface area (Å²) in [6.07, 6.45) is 1.09. The van der Waals surface area contributed by atoms with Crippen LogP contribution in [0.1, 0.15) is 24.0 Å². The van der Waals surface area contributed by atoms with Gasteiger partial charge in [-0.15, -0.1) is 0 Å². The molecule has 1 aliphatic carbocycles. The minimum atomic E-state index is -0.991. The zero-order chi connectivity index (χ0) is 18.7. The van der Waals surface area contributed by atoms with Gasteiger partial charge in [-0.1, -0.05) is 35.9 Å². The first-order valence-electron chi connectivity index (χ1n) is 8.44. The highest BCUT2D eigenvalue weighted by molar-refractivity contribution is 6.32. The first kappa shape index (κ1) is 18.3. The fraction of sp³-hybridized carbons (Fsp3) is 0.300. The Labute approximate surface area is 157 Å². The number of carbonyl (C=O) groups excluding carboxylic acids is 2. The van der Waals surface area contributed by atoms with Crippen molar-refractivity contribution < 1.29 is 14.3 Å². The standard InChI is InChI=1S/C20H21ClN2O3/c1-13-5-3-4-6-14(13)12-22-18(24)20(9-10-20)19(25)23-15-7-8-17(26-2)16(21)11-15/h3-8,11H,9-10,12H2,1-2H3,(H,22,24)(H,23,25). The second-order valence-electron chi connectivity index (χ2n) is 6.49. The van der Waals surface area contributed by atoms with Gasteiger partial charge in [0, 0.05) is 12.2 Å². The third-order valence-corrected chi connectivity index (χ3v) is 5.02. The molecule has 0 heterocycles. The molecular weight excluding hydrogens is 352 g/mol. The summed E-state index contributed by atoms with van der Waals surface area (Å²) in [7, 11) is 1.53. The molecule has 2 aromatic carbocycles. The van der Waals surface area contributed by atoms with E-state index in [0.717, 1.165) is 11.1 Å². The van der Waals surface area contributed by atoms with Gasteiger partial charge in [0.15, 0.2) is 0 Å². The van der Waals surface area contributed by atoms with Crippen molar-refractivity contribution in [2.24, 2.45) is 5.41 Å². The Morgan fingerprint density at radius 3 is 2.50 bits per heavy atom. The highest BCUT2D eigenvalue weighted by atomic mass is 35.5. The number of methoxy groups -OCH3 is 1. The van der Waals surface area contributed by atoms with Crippen molar-refractivity contribution in [2.45, 2.75) is 26.3 Å². The summed E-state index contributed by atoms with van der Waals surface area (Å²) in [5, 5.41) is 6.08. The summed E-state index contributed by atoms with van der Waals surface area (Å²) in [4.78, 5) is 25.2. The average Bonchev–Trinajstić information content (AvgIpc) is 3.43. The molecule has 2 amide bonds. The maximum Gasteiger partial charge on any atom is 0.240 e. The monoisotopic (exact) mass is 372 g/mol. The number of hydrogen-bond acceptors (Lipinski definition) is 3. The largest absolute Gasteiger partial charge is 0.495 e. The molecular formula is C20H21ClN2O3. The number of benzene rings is 2. The predicted molar refractivity (Wildman–Crippen MR) is 101 cm³/mol. The van der Waals surface area contributed by atoms with Gasteiger partial charge in [-0.25, -0.2) is 0 Å². The van der Waals surface area contributed by atoms with Crippen molar-refractivity contribution in [1.82, 2.24) is 5.32 Å². The van der Waals surface area contributed by atoms with Crippen LogP contribution in [0.5, 0.6) is 5.75 Å². The molecule has 2 N–H and O–H groups in total. The van der Waals surface area contributed by atoms with E-state index in [4.69, 9.17) is 16.3 Å². The quantitative estimate of drug-likeness (QED) is 0.760. The maximum absolute atomic E-state index is 12.6. The van der Waals surface area contributed by atoms with Crippen molar-refractivity contribution in [3.05, 3.63) is 58.6 Å². The van der Waals surface area contributed by atoms with Gasteiger partial charge in [0.25, 0.3) is 0 Å². The van der Waals surface area contributed by atoms with Crippen LogP contribution < -0.4 is 15.4 Å². The van der Waals surface area contributed by atoms with E-state index in [2.05, 4.69) is 10.6 Å². The number of carbonyl (C=O) groups is 2. The number of ether oxygens (including phenoxy) is 1. The van der Waals surface area contributed by atoms with Crippen molar-refractivity contribution in [1.29, 1.82) is 0 Å². The molecule has 0 radical (unpaired) electrons. The van der Waals surface area contributed by atoms with Gasteiger partial charge in [0.1, 0.15) is 11.2 Å². The van der Waals surface area contributed by atoms with Gasteiger partial charge in [-0.3, -0.25) is 9.59 Å². The number of aryl methyl sites for hydroxylation is 1. The second-order valence-corrected chi connectivity index (χ2v) is 6.90. The van der Waals surface area contributed by atoms with Crippen LogP contribution in [-0.4, -0.2) is 18.9 Å². The molecule has 0 atom stereocenters. The lowest BCUT2D eigenvalue weighted by Gasteiger charge is -2.16. The summed E-state index contributed by atoms with van der Waals surface area (Å²) >= 11 is 6.08. The van der Waals surface area contributed by atoms with Crippen LogP contribution in [0.4, 0.5) is 5.69 Å². The molecule has 0 spiro atoms. The third-order valence-electron chi connectivity index (χ3n) is 4.73. The third kappa shape index (κ3) is 3.68. The molecule has 1 fully saturated rings. The number of amides is 2. The molecule has 6 heteroatoms. The lowest BCUT2D eigenvalue weighted by molar-refractivity contribution is -0.134. The first-order chi connectivity index (χ1) is 12.5. The summed E-state index contributed by atoms with van der Waals surface area (Å²) in [5.74, 6) is -0.0133. The summed E-state index contributed by atoms with van der Waals surface area (Å²) in [6, 6.07) is 12.8. The lowest BCUT2D eigenvalue weighted by atomic mass is 10.0. The van der Waals surface area contributed by atoms with Gasteiger partial charge < -0.3 is 15.4 Å². The molecule has 0 aromatic heterocycles. The van der Waals surface area contributed by atoms with Crippen molar-refractivity contribution in [3.8, 4) is 5.75 Å². The van der Waals surface area contributed by atoms with Gasteiger partial charge in [-0.05, 0) is 49.1 Å². The Hall–Kier alpha value is -2.53. The molecule has 1 saturated carbocycles. The van der Waals surface area contributed by atoms with Gasteiger partial charge >= 0.3 is 0 Å². The molecule has 5 nitrogen and oxygen atoms in total. The van der Waals surface area contributed by atoms with Gasteiger partial charge in [0.2, 0.25) is 11.8 Å². The van der Waals surface area contributed by atoms with Crippen LogP contribution in [0.3, 0.4) is 0 Å². The zero-order valence-corrected chi connectivity index (χ0v) is 15.5. The fourth-order valence-corrected chi connectivity index (χ4v) is 3.09. The molecule has 0 saturated heterocycles. The molecule has 0 unspecified atom stereocenters. The van der Waals surface area contributed by atoms with Crippen molar-refractivity contribution >= 4 is 29.1 Å². The SMILES string of the molecule is COc1ccc(NC(=O)C2(C(=O)NCc3ccccc3C)CC2)cc1Cl. The van der Waals surface area contributed by atoms with E-state index < -0.39 is 5.41 Å². The Morgan fingerprint density at radius 1 is 1.15 bits per heavy atom. The van der Waals surface area contributed by atoms with E-state index >= 15 is 0 Å². The second kappa shape index (κ2) is 7.38. The number of hydrogen-bond donors (Lipinski definition) is 2. The molecule has 0 bridgehead atoms. The molecule has 26 heavy (non-hydrogen) atoms. The van der Waals surface area contributed by atoms with Crippen LogP contribution in [0, 0.1) is 12.3 Å². The Kier molecular flexibility index (Phi) is 5.18. The van der Waals surface area contributed by atoms with E-state index in [9.17, 15) is 9.59 Å². The van der Waals surface area contributed by atoms with E-state index in [1.807, 2.05) is 31.2 Å². The Bertz CT molecular complexity index is 847. The summed E-state index contributed by atoms with van der Waals surface area (Å²) in [6.45, 7) is 2.41. The maximum atomic E-state index is 12.6. The van der Waals surface area contributed by atoms with Crippen LogP contribution >= 0.6 is 11.6 Å². The summed E-state index contributed by atoms with van der Waals surface area (Å²) < 4.78 is 5.10. The van der Waals surface area contributed by atoms with Gasteiger partial charge in [-0.2, -0.15) is 0 Å². The molecule has 3 rings (SSSR count). The summed E-state index contributed by atoms with van der Waals surface area (Å²) in [5.41, 5.74) is 1.70. The van der Waals surface area contributed by atoms with Crippen LogP contribution in [-0.2, 0) is 16.1 Å². The zero-order valence-electron chi connectivity index (χ0n) is 14.8. The highest BCUT2D eigenvalue weighted by Crippen LogP contribution is 2.47. The number of anilines is 1. The fourth-order valence-electron chi connectivity index (χ4n) is 2.83. The van der Waals surface area contributed by atoms with E-state index in [1.165, 1.54) is 7.11 Å². The molecule has 1 aliphatic rings. The normalized spacial score (nSPS) is 14.4. The minimum absolute atomic E-state index is 0.238. The lowest BCUT2D eigenvalue weighted by Crippen LogP contribution is -2.39. The number of halogens is 1. The van der Waals surface area contributed by atoms with E-state index in [1.54, 1.807) is 18.2 Å². The Balaban J connectivity index is 1.64. The van der Waals surface area contributed by atoms with Gasteiger partial charge in [0.05, 0.1) is 12.1 Å². The average molecular weight is 373 g/mol. The first-order valence-corrected chi connectivity index (χ1v) is 8.82.